The van der Waals surface area contributed by atoms with Gasteiger partial charge in [-0.2, -0.15) is 0 Å². The minimum absolute atomic E-state index is 0.00597. The molecule has 0 fully saturated rings. The van der Waals surface area contributed by atoms with Crippen molar-refractivity contribution < 1.29 is 19.1 Å². The van der Waals surface area contributed by atoms with Crippen molar-refractivity contribution in [2.24, 2.45) is 0 Å². The van der Waals surface area contributed by atoms with Crippen LogP contribution < -0.4 is 0 Å². The fourth-order valence-corrected chi connectivity index (χ4v) is 6.70. The van der Waals surface area contributed by atoms with Gasteiger partial charge in [0.1, 0.15) is 6.10 Å². The lowest BCUT2D eigenvalue weighted by Crippen LogP contribution is -2.27. The van der Waals surface area contributed by atoms with Gasteiger partial charge in [-0.15, -0.1) is 0 Å². The molecule has 5 nitrogen and oxygen atoms in total. The smallest absolute Gasteiger partial charge is 0.306 e. The molecule has 1 unspecified atom stereocenters. The van der Waals surface area contributed by atoms with Gasteiger partial charge >= 0.3 is 11.9 Å². The summed E-state index contributed by atoms with van der Waals surface area (Å²) in [6, 6.07) is 0. The molecule has 0 N–H and O–H groups in total. The van der Waals surface area contributed by atoms with E-state index in [2.05, 4.69) is 32.6 Å². The molecule has 0 aromatic carbocycles. The van der Waals surface area contributed by atoms with E-state index < -0.39 is 0 Å². The molecule has 0 bridgehead atoms. The molecule has 0 heterocycles. The fourth-order valence-electron chi connectivity index (χ4n) is 6.70. The summed E-state index contributed by atoms with van der Waals surface area (Å²) in [5, 5.41) is 0. The third-order valence-electron chi connectivity index (χ3n) is 9.82. The summed E-state index contributed by atoms with van der Waals surface area (Å²) in [6.45, 7) is 13.2. The molecule has 0 rings (SSSR count). The first-order valence-electron chi connectivity index (χ1n) is 21.6. The Bertz CT molecular complexity index is 669. The van der Waals surface area contributed by atoms with Crippen molar-refractivity contribution in [1.82, 2.24) is 4.90 Å². The summed E-state index contributed by atoms with van der Waals surface area (Å²) in [6.07, 6.45) is 37.7. The number of unbranched alkanes of at least 4 members (excludes halogenated alkanes) is 22. The third-order valence-corrected chi connectivity index (χ3v) is 9.82. The van der Waals surface area contributed by atoms with Gasteiger partial charge in [-0.05, 0) is 83.8 Å². The van der Waals surface area contributed by atoms with Crippen molar-refractivity contribution in [3.05, 3.63) is 0 Å². The van der Waals surface area contributed by atoms with Crippen LogP contribution in [0.3, 0.4) is 0 Å². The van der Waals surface area contributed by atoms with E-state index in [4.69, 9.17) is 9.47 Å². The Morgan fingerprint density at radius 3 is 1.29 bits per heavy atom. The highest BCUT2D eigenvalue weighted by Crippen LogP contribution is 2.18. The standard InChI is InChI=1S/C43H85NO4/c1-5-9-12-15-20-27-34-41(33-26-19-14-11-7-3)48-43(46)36-29-22-18-24-31-39-44(37-8-4)38-30-23-17-21-28-35-42(45)47-40-32-25-16-13-10-6-2/h41H,5-40H2,1-4H3. The Morgan fingerprint density at radius 1 is 0.417 bits per heavy atom. The van der Waals surface area contributed by atoms with Gasteiger partial charge in [-0.1, -0.05) is 156 Å². The lowest BCUT2D eigenvalue weighted by atomic mass is 10.0. The van der Waals surface area contributed by atoms with Gasteiger partial charge < -0.3 is 14.4 Å². The van der Waals surface area contributed by atoms with Crippen molar-refractivity contribution in [2.45, 2.75) is 239 Å². The van der Waals surface area contributed by atoms with Crippen LogP contribution in [0.25, 0.3) is 0 Å². The van der Waals surface area contributed by atoms with Gasteiger partial charge in [0, 0.05) is 12.8 Å². The van der Waals surface area contributed by atoms with Gasteiger partial charge in [0.2, 0.25) is 0 Å². The van der Waals surface area contributed by atoms with Gasteiger partial charge in [-0.25, -0.2) is 0 Å². The molecule has 0 saturated heterocycles. The molecule has 286 valence electrons. The first-order chi connectivity index (χ1) is 23.6. The number of rotatable bonds is 39. The normalized spacial score (nSPS) is 12.1. The Balaban J connectivity index is 3.93. The van der Waals surface area contributed by atoms with Crippen LogP contribution in [-0.2, 0) is 19.1 Å². The minimum Gasteiger partial charge on any atom is -0.466 e. The monoisotopic (exact) mass is 680 g/mol. The zero-order valence-corrected chi connectivity index (χ0v) is 33.1. The van der Waals surface area contributed by atoms with Crippen molar-refractivity contribution in [2.75, 3.05) is 26.2 Å². The molecule has 0 aliphatic heterocycles. The van der Waals surface area contributed by atoms with E-state index in [1.54, 1.807) is 0 Å². The molecular weight excluding hydrogens is 594 g/mol. The maximum absolute atomic E-state index is 12.7. The first kappa shape index (κ1) is 46.9. The van der Waals surface area contributed by atoms with E-state index in [1.807, 2.05) is 0 Å². The summed E-state index contributed by atoms with van der Waals surface area (Å²) in [5.74, 6) is 0.0330. The van der Waals surface area contributed by atoms with Crippen LogP contribution in [0.2, 0.25) is 0 Å². The van der Waals surface area contributed by atoms with E-state index in [1.165, 1.54) is 167 Å². The highest BCUT2D eigenvalue weighted by Gasteiger charge is 2.14. The molecule has 5 heteroatoms. The van der Waals surface area contributed by atoms with Crippen LogP contribution >= 0.6 is 0 Å². The van der Waals surface area contributed by atoms with E-state index in [9.17, 15) is 9.59 Å². The molecule has 0 aromatic heterocycles. The van der Waals surface area contributed by atoms with Crippen LogP contribution in [0.15, 0.2) is 0 Å². The average Bonchev–Trinajstić information content (AvgIpc) is 3.08. The second-order valence-electron chi connectivity index (χ2n) is 14.7. The first-order valence-corrected chi connectivity index (χ1v) is 21.6. The van der Waals surface area contributed by atoms with Gasteiger partial charge in [-0.3, -0.25) is 9.59 Å². The summed E-state index contributed by atoms with van der Waals surface area (Å²) in [5.41, 5.74) is 0. The molecule has 0 radical (unpaired) electrons. The van der Waals surface area contributed by atoms with Crippen molar-refractivity contribution >= 4 is 11.9 Å². The van der Waals surface area contributed by atoms with E-state index in [0.29, 0.717) is 19.4 Å². The lowest BCUT2D eigenvalue weighted by Gasteiger charge is -2.21. The summed E-state index contributed by atoms with van der Waals surface area (Å²) < 4.78 is 11.4. The molecule has 0 aromatic rings. The maximum Gasteiger partial charge on any atom is 0.306 e. The maximum atomic E-state index is 12.7. The zero-order chi connectivity index (χ0) is 35.2. The van der Waals surface area contributed by atoms with Crippen LogP contribution in [-0.4, -0.2) is 49.2 Å². The van der Waals surface area contributed by atoms with Crippen LogP contribution in [0.4, 0.5) is 0 Å². The SMILES string of the molecule is CCCCCCCCOC(=O)CCCCCCCN(CCC)CCCCCCCC(=O)OC(CCCCCCC)CCCCCCCC. The Hall–Kier alpha value is -1.10. The number of nitrogens with zero attached hydrogens (tertiary/aromatic N) is 1. The molecule has 0 aliphatic carbocycles. The second-order valence-corrected chi connectivity index (χ2v) is 14.7. The molecule has 0 spiro atoms. The molecule has 48 heavy (non-hydrogen) atoms. The number of hydrogen-bond acceptors (Lipinski definition) is 5. The summed E-state index contributed by atoms with van der Waals surface area (Å²) in [4.78, 5) is 27.3. The van der Waals surface area contributed by atoms with Crippen LogP contribution in [0.5, 0.6) is 0 Å². The van der Waals surface area contributed by atoms with Crippen LogP contribution in [0.1, 0.15) is 233 Å². The fraction of sp³-hybridized carbons (Fsp3) is 0.953. The molecule has 0 amide bonds. The van der Waals surface area contributed by atoms with E-state index >= 15 is 0 Å². The number of carbonyl (C=O) groups is 2. The molecule has 0 saturated carbocycles. The molecular formula is C43H85NO4. The average molecular weight is 680 g/mol. The number of ether oxygens (including phenoxy) is 2. The number of hydrogen-bond donors (Lipinski definition) is 0. The predicted molar refractivity (Wildman–Crippen MR) is 208 cm³/mol. The Kier molecular flexibility index (Phi) is 37.8. The second kappa shape index (κ2) is 38.7. The van der Waals surface area contributed by atoms with Crippen molar-refractivity contribution in [3.63, 3.8) is 0 Å². The summed E-state index contributed by atoms with van der Waals surface area (Å²) in [7, 11) is 0. The Labute approximate surface area is 300 Å². The van der Waals surface area contributed by atoms with E-state index in [-0.39, 0.29) is 18.0 Å². The highest BCUT2D eigenvalue weighted by atomic mass is 16.5. The quantitative estimate of drug-likeness (QED) is 0.0478. The lowest BCUT2D eigenvalue weighted by molar-refractivity contribution is -0.150. The van der Waals surface area contributed by atoms with Gasteiger partial charge in [0.05, 0.1) is 6.61 Å². The minimum atomic E-state index is -0.00597. The zero-order valence-electron chi connectivity index (χ0n) is 33.1. The highest BCUT2D eigenvalue weighted by molar-refractivity contribution is 5.69. The van der Waals surface area contributed by atoms with Gasteiger partial charge in [0.25, 0.3) is 0 Å². The number of carbonyl (C=O) groups excluding carboxylic acids is 2. The van der Waals surface area contributed by atoms with E-state index in [0.717, 1.165) is 44.9 Å². The topological polar surface area (TPSA) is 55.8 Å². The molecule has 1 atom stereocenters. The summed E-state index contributed by atoms with van der Waals surface area (Å²) >= 11 is 0. The molecule has 0 aliphatic rings. The van der Waals surface area contributed by atoms with Crippen LogP contribution in [0, 0.1) is 0 Å². The number of esters is 2. The van der Waals surface area contributed by atoms with Gasteiger partial charge in [0.15, 0.2) is 0 Å². The van der Waals surface area contributed by atoms with Crippen molar-refractivity contribution in [3.8, 4) is 0 Å². The third kappa shape index (κ3) is 34.8. The van der Waals surface area contributed by atoms with Crippen molar-refractivity contribution in [1.29, 1.82) is 0 Å². The Morgan fingerprint density at radius 2 is 0.812 bits per heavy atom. The predicted octanol–water partition coefficient (Wildman–Crippen LogP) is 13.3. The largest absolute Gasteiger partial charge is 0.466 e.